The van der Waals surface area contributed by atoms with E-state index in [0.29, 0.717) is 5.88 Å². The Labute approximate surface area is 90.7 Å². The molecule has 1 rings (SSSR count). The summed E-state index contributed by atoms with van der Waals surface area (Å²) in [7, 11) is 0. The Hall–Kier alpha value is -0.760. The maximum Gasteiger partial charge on any atom is 0.125 e. The minimum Gasteiger partial charge on any atom is -0.369 e. The van der Waals surface area contributed by atoms with Crippen molar-refractivity contribution >= 4 is 17.4 Å². The van der Waals surface area contributed by atoms with Crippen molar-refractivity contribution in [2.24, 2.45) is 5.41 Å². The van der Waals surface area contributed by atoms with Crippen molar-refractivity contribution in [3.05, 3.63) is 23.9 Å². The van der Waals surface area contributed by atoms with E-state index in [2.05, 4.69) is 24.1 Å². The second-order valence-corrected chi connectivity index (χ2v) is 4.64. The minimum absolute atomic E-state index is 0.105. The molecule has 0 aliphatic rings. The summed E-state index contributed by atoms with van der Waals surface area (Å²) < 4.78 is 0. The van der Waals surface area contributed by atoms with Gasteiger partial charge in [0.2, 0.25) is 0 Å². The van der Waals surface area contributed by atoms with Gasteiger partial charge in [0.25, 0.3) is 0 Å². The van der Waals surface area contributed by atoms with E-state index in [9.17, 15) is 0 Å². The molecule has 0 saturated heterocycles. The average molecular weight is 213 g/mol. The quantitative estimate of drug-likeness (QED) is 0.776. The highest BCUT2D eigenvalue weighted by Crippen LogP contribution is 2.17. The van der Waals surface area contributed by atoms with Crippen LogP contribution in [0.15, 0.2) is 18.3 Å². The molecule has 0 atom stereocenters. The Bertz CT molecular complexity index is 280. The second kappa shape index (κ2) is 4.65. The van der Waals surface area contributed by atoms with Gasteiger partial charge in [-0.15, -0.1) is 11.6 Å². The van der Waals surface area contributed by atoms with E-state index in [0.717, 1.165) is 12.4 Å². The highest BCUT2D eigenvalue weighted by Gasteiger charge is 2.15. The number of nitrogens with one attached hydrogen (secondary N) is 1. The van der Waals surface area contributed by atoms with Crippen LogP contribution in [0.1, 0.15) is 19.4 Å². The summed E-state index contributed by atoms with van der Waals surface area (Å²) in [4.78, 5) is 4.26. The second-order valence-electron chi connectivity index (χ2n) is 4.37. The molecule has 0 radical (unpaired) electrons. The molecule has 1 aromatic rings. The Kier molecular flexibility index (Phi) is 3.76. The number of hydrogen-bond donors (Lipinski definition) is 1. The zero-order valence-corrected chi connectivity index (χ0v) is 9.73. The Morgan fingerprint density at radius 2 is 2.14 bits per heavy atom. The van der Waals surface area contributed by atoms with Gasteiger partial charge in [0.15, 0.2) is 0 Å². The van der Waals surface area contributed by atoms with Crippen molar-refractivity contribution in [3.8, 4) is 0 Å². The Morgan fingerprint density at radius 1 is 1.43 bits per heavy atom. The molecule has 78 valence electrons. The third kappa shape index (κ3) is 3.54. The zero-order chi connectivity index (χ0) is 10.6. The highest BCUT2D eigenvalue weighted by molar-refractivity contribution is 6.18. The maximum atomic E-state index is 5.82. The summed E-state index contributed by atoms with van der Waals surface area (Å²) in [6, 6.07) is 4.03. The maximum absolute atomic E-state index is 5.82. The van der Waals surface area contributed by atoms with E-state index in [4.69, 9.17) is 11.6 Å². The molecular formula is C11H17ClN2. The van der Waals surface area contributed by atoms with Gasteiger partial charge < -0.3 is 5.32 Å². The monoisotopic (exact) mass is 212 g/mol. The number of pyridine rings is 1. The molecule has 14 heavy (non-hydrogen) atoms. The van der Waals surface area contributed by atoms with Gasteiger partial charge in [-0.3, -0.25) is 0 Å². The predicted molar refractivity (Wildman–Crippen MR) is 62.0 cm³/mol. The van der Waals surface area contributed by atoms with Gasteiger partial charge in [-0.05, 0) is 24.0 Å². The van der Waals surface area contributed by atoms with Gasteiger partial charge >= 0.3 is 0 Å². The van der Waals surface area contributed by atoms with Crippen LogP contribution >= 0.6 is 11.6 Å². The third-order valence-corrected chi connectivity index (χ3v) is 2.74. The van der Waals surface area contributed by atoms with Crippen molar-refractivity contribution < 1.29 is 0 Å². The molecule has 0 unspecified atom stereocenters. The number of alkyl halides is 1. The summed E-state index contributed by atoms with van der Waals surface area (Å²) in [6.45, 7) is 7.12. The summed E-state index contributed by atoms with van der Waals surface area (Å²) in [5.41, 5.74) is 1.28. The van der Waals surface area contributed by atoms with E-state index in [1.54, 1.807) is 0 Å². The summed E-state index contributed by atoms with van der Waals surface area (Å²) in [5.74, 6) is 1.56. The first kappa shape index (κ1) is 11.3. The molecule has 3 heteroatoms. The lowest BCUT2D eigenvalue weighted by Crippen LogP contribution is -2.24. The lowest BCUT2D eigenvalue weighted by atomic mass is 9.97. The van der Waals surface area contributed by atoms with Crippen LogP contribution in [0, 0.1) is 12.3 Å². The molecule has 0 aliphatic carbocycles. The van der Waals surface area contributed by atoms with Crippen LogP contribution in [0.3, 0.4) is 0 Å². The SMILES string of the molecule is Cc1ccc(NCC(C)(C)CCl)nc1. The van der Waals surface area contributed by atoms with Crippen LogP contribution in [-0.2, 0) is 0 Å². The van der Waals surface area contributed by atoms with Crippen LogP contribution in [0.25, 0.3) is 0 Å². The zero-order valence-electron chi connectivity index (χ0n) is 8.97. The van der Waals surface area contributed by atoms with Crippen LogP contribution in [0.5, 0.6) is 0 Å². The fourth-order valence-corrected chi connectivity index (χ4v) is 1.04. The van der Waals surface area contributed by atoms with Crippen LogP contribution in [0.2, 0.25) is 0 Å². The molecule has 1 N–H and O–H groups in total. The van der Waals surface area contributed by atoms with E-state index in [1.807, 2.05) is 25.3 Å². The molecule has 0 aromatic carbocycles. The van der Waals surface area contributed by atoms with E-state index in [1.165, 1.54) is 5.56 Å². The normalized spacial score (nSPS) is 11.4. The molecular weight excluding hydrogens is 196 g/mol. The minimum atomic E-state index is 0.105. The first-order chi connectivity index (χ1) is 6.53. The Morgan fingerprint density at radius 3 is 2.64 bits per heavy atom. The molecule has 0 spiro atoms. The molecule has 2 nitrogen and oxygen atoms in total. The topological polar surface area (TPSA) is 24.9 Å². The molecule has 1 heterocycles. The number of halogens is 1. The van der Waals surface area contributed by atoms with Gasteiger partial charge in [-0.25, -0.2) is 4.98 Å². The van der Waals surface area contributed by atoms with Crippen molar-refractivity contribution in [1.29, 1.82) is 0 Å². The first-order valence-corrected chi connectivity index (χ1v) is 5.29. The average Bonchev–Trinajstić information content (AvgIpc) is 2.17. The van der Waals surface area contributed by atoms with Crippen LogP contribution < -0.4 is 5.32 Å². The first-order valence-electron chi connectivity index (χ1n) is 4.76. The van der Waals surface area contributed by atoms with Crippen molar-refractivity contribution in [1.82, 2.24) is 4.98 Å². The smallest absolute Gasteiger partial charge is 0.125 e. The fourth-order valence-electron chi connectivity index (χ4n) is 0.949. The van der Waals surface area contributed by atoms with E-state index in [-0.39, 0.29) is 5.41 Å². The summed E-state index contributed by atoms with van der Waals surface area (Å²) in [6.07, 6.45) is 1.86. The molecule has 0 aliphatic heterocycles. The summed E-state index contributed by atoms with van der Waals surface area (Å²) in [5, 5.41) is 3.27. The lowest BCUT2D eigenvalue weighted by molar-refractivity contribution is 0.449. The third-order valence-electron chi connectivity index (χ3n) is 2.02. The fraction of sp³-hybridized carbons (Fsp3) is 0.545. The van der Waals surface area contributed by atoms with Gasteiger partial charge in [0.05, 0.1) is 0 Å². The Balaban J connectivity index is 2.50. The molecule has 1 aromatic heterocycles. The highest BCUT2D eigenvalue weighted by atomic mass is 35.5. The number of hydrogen-bond acceptors (Lipinski definition) is 2. The number of anilines is 1. The van der Waals surface area contributed by atoms with E-state index >= 15 is 0 Å². The standard InChI is InChI=1S/C11H17ClN2/c1-9-4-5-10(13-6-9)14-8-11(2,3)7-12/h4-6H,7-8H2,1-3H3,(H,13,14). The van der Waals surface area contributed by atoms with Crippen LogP contribution in [-0.4, -0.2) is 17.4 Å². The van der Waals surface area contributed by atoms with E-state index < -0.39 is 0 Å². The van der Waals surface area contributed by atoms with Crippen LogP contribution in [0.4, 0.5) is 5.82 Å². The van der Waals surface area contributed by atoms with Crippen molar-refractivity contribution in [3.63, 3.8) is 0 Å². The predicted octanol–water partition coefficient (Wildman–Crippen LogP) is 3.07. The number of aromatic nitrogens is 1. The molecule has 0 fully saturated rings. The molecule has 0 saturated carbocycles. The largest absolute Gasteiger partial charge is 0.369 e. The van der Waals surface area contributed by atoms with Gasteiger partial charge in [-0.2, -0.15) is 0 Å². The lowest BCUT2D eigenvalue weighted by Gasteiger charge is -2.21. The number of rotatable bonds is 4. The number of nitrogens with zero attached hydrogens (tertiary/aromatic N) is 1. The summed E-state index contributed by atoms with van der Waals surface area (Å²) >= 11 is 5.82. The molecule has 0 amide bonds. The van der Waals surface area contributed by atoms with Gasteiger partial charge in [-0.1, -0.05) is 19.9 Å². The van der Waals surface area contributed by atoms with Crippen molar-refractivity contribution in [2.45, 2.75) is 20.8 Å². The van der Waals surface area contributed by atoms with Crippen molar-refractivity contribution in [2.75, 3.05) is 17.7 Å². The van der Waals surface area contributed by atoms with Gasteiger partial charge in [0.1, 0.15) is 5.82 Å². The number of aryl methyl sites for hydroxylation is 1. The molecule has 0 bridgehead atoms. The van der Waals surface area contributed by atoms with Gasteiger partial charge in [0, 0.05) is 18.6 Å².